The van der Waals surface area contributed by atoms with Crippen LogP contribution in [-0.4, -0.2) is 44.8 Å². The van der Waals surface area contributed by atoms with Crippen molar-refractivity contribution >= 4 is 16.7 Å². The first-order valence-corrected chi connectivity index (χ1v) is 9.87. The summed E-state index contributed by atoms with van der Waals surface area (Å²) in [6.45, 7) is 3.32. The minimum atomic E-state index is -0.255. The van der Waals surface area contributed by atoms with Crippen LogP contribution in [0, 0.1) is 6.92 Å². The lowest BCUT2D eigenvalue weighted by Crippen LogP contribution is -2.41. The van der Waals surface area contributed by atoms with Gasteiger partial charge in [0.1, 0.15) is 6.54 Å². The second-order valence-corrected chi connectivity index (χ2v) is 7.32. The first-order chi connectivity index (χ1) is 14.1. The van der Waals surface area contributed by atoms with Gasteiger partial charge in [0.2, 0.25) is 5.91 Å². The Morgan fingerprint density at radius 1 is 1.21 bits per heavy atom. The fourth-order valence-electron chi connectivity index (χ4n) is 3.72. The van der Waals surface area contributed by atoms with Gasteiger partial charge in [-0.1, -0.05) is 24.3 Å². The van der Waals surface area contributed by atoms with Crippen LogP contribution >= 0.6 is 0 Å². The monoisotopic (exact) mass is 392 g/mol. The second kappa shape index (κ2) is 8.53. The van der Waals surface area contributed by atoms with Crippen molar-refractivity contribution in [3.05, 3.63) is 70.4 Å². The molecule has 0 radical (unpaired) electrons. The Labute approximate surface area is 168 Å². The van der Waals surface area contributed by atoms with Crippen molar-refractivity contribution in [2.75, 3.05) is 13.2 Å². The van der Waals surface area contributed by atoms with Crippen LogP contribution in [0.3, 0.4) is 0 Å². The standard InChI is InChI=1S/C22H24N4O3/c1-16-19-9-2-3-10-20(19)22(28)26(24-16)15-21(27)25(14-18-8-6-12-29-18)13-17-7-4-5-11-23-17/h2-5,7,9-11,18H,6,8,12-15H2,1H3. The highest BCUT2D eigenvalue weighted by molar-refractivity contribution is 5.83. The number of aromatic nitrogens is 3. The summed E-state index contributed by atoms with van der Waals surface area (Å²) in [6.07, 6.45) is 3.66. The maximum atomic E-state index is 13.1. The van der Waals surface area contributed by atoms with Gasteiger partial charge in [0.15, 0.2) is 0 Å². The summed E-state index contributed by atoms with van der Waals surface area (Å²) in [6, 6.07) is 13.0. The normalized spacial score (nSPS) is 16.2. The van der Waals surface area contributed by atoms with Crippen LogP contribution in [0.15, 0.2) is 53.5 Å². The van der Waals surface area contributed by atoms with Crippen molar-refractivity contribution in [2.24, 2.45) is 0 Å². The van der Waals surface area contributed by atoms with Crippen molar-refractivity contribution in [3.63, 3.8) is 0 Å². The number of nitrogens with zero attached hydrogens (tertiary/aromatic N) is 4. The van der Waals surface area contributed by atoms with Gasteiger partial charge in [0.05, 0.1) is 29.4 Å². The molecule has 4 rings (SSSR count). The smallest absolute Gasteiger partial charge is 0.275 e. The first kappa shape index (κ1) is 19.3. The molecule has 1 atom stereocenters. The van der Waals surface area contributed by atoms with Crippen LogP contribution < -0.4 is 5.56 Å². The summed E-state index contributed by atoms with van der Waals surface area (Å²) in [4.78, 5) is 32.0. The van der Waals surface area contributed by atoms with Crippen LogP contribution in [0.4, 0.5) is 0 Å². The number of pyridine rings is 1. The molecule has 7 heteroatoms. The largest absolute Gasteiger partial charge is 0.376 e. The molecular weight excluding hydrogens is 368 g/mol. The number of rotatable bonds is 6. The van der Waals surface area contributed by atoms with E-state index < -0.39 is 0 Å². The minimum Gasteiger partial charge on any atom is -0.376 e. The molecule has 29 heavy (non-hydrogen) atoms. The maximum Gasteiger partial charge on any atom is 0.275 e. The molecule has 7 nitrogen and oxygen atoms in total. The Morgan fingerprint density at radius 2 is 2.00 bits per heavy atom. The summed E-state index contributed by atoms with van der Waals surface area (Å²) in [5.41, 5.74) is 1.27. The molecule has 1 aromatic carbocycles. The van der Waals surface area contributed by atoms with Crippen LogP contribution in [-0.2, 0) is 22.6 Å². The Hall–Kier alpha value is -3.06. The van der Waals surface area contributed by atoms with E-state index in [1.807, 2.05) is 43.3 Å². The maximum absolute atomic E-state index is 13.1. The van der Waals surface area contributed by atoms with Gasteiger partial charge in [0.25, 0.3) is 5.56 Å². The van der Waals surface area contributed by atoms with E-state index in [-0.39, 0.29) is 24.1 Å². The molecule has 150 valence electrons. The van der Waals surface area contributed by atoms with E-state index in [4.69, 9.17) is 4.74 Å². The average Bonchev–Trinajstić information content (AvgIpc) is 3.25. The van der Waals surface area contributed by atoms with Gasteiger partial charge in [0, 0.05) is 24.7 Å². The van der Waals surface area contributed by atoms with E-state index in [1.54, 1.807) is 17.2 Å². The highest BCUT2D eigenvalue weighted by Gasteiger charge is 2.24. The number of ether oxygens (including phenoxy) is 1. The molecule has 1 aliphatic heterocycles. The molecular formula is C22H24N4O3. The van der Waals surface area contributed by atoms with Gasteiger partial charge >= 0.3 is 0 Å². The second-order valence-electron chi connectivity index (χ2n) is 7.32. The molecule has 0 N–H and O–H groups in total. The summed E-state index contributed by atoms with van der Waals surface area (Å²) in [5, 5.41) is 5.76. The van der Waals surface area contributed by atoms with E-state index in [0.29, 0.717) is 18.5 Å². The Kier molecular flexibility index (Phi) is 5.67. The molecule has 1 fully saturated rings. The predicted molar refractivity (Wildman–Crippen MR) is 109 cm³/mol. The zero-order chi connectivity index (χ0) is 20.2. The van der Waals surface area contributed by atoms with Gasteiger partial charge in [-0.15, -0.1) is 0 Å². The van der Waals surface area contributed by atoms with Crippen molar-refractivity contribution in [1.82, 2.24) is 19.7 Å². The van der Waals surface area contributed by atoms with Crippen LogP contribution in [0.25, 0.3) is 10.8 Å². The zero-order valence-corrected chi connectivity index (χ0v) is 16.5. The number of carbonyl (C=O) groups is 1. The lowest BCUT2D eigenvalue weighted by Gasteiger charge is -2.25. The van der Waals surface area contributed by atoms with Crippen LogP contribution in [0.1, 0.15) is 24.2 Å². The van der Waals surface area contributed by atoms with Crippen molar-refractivity contribution in [2.45, 2.75) is 39.0 Å². The van der Waals surface area contributed by atoms with Gasteiger partial charge in [-0.25, -0.2) is 4.68 Å². The summed E-state index contributed by atoms with van der Waals surface area (Å²) < 4.78 is 6.99. The van der Waals surface area contributed by atoms with Gasteiger partial charge in [-0.2, -0.15) is 5.10 Å². The predicted octanol–water partition coefficient (Wildman–Crippen LogP) is 2.31. The fraction of sp³-hybridized carbons (Fsp3) is 0.364. The number of amides is 1. The van der Waals surface area contributed by atoms with Gasteiger partial charge in [-0.3, -0.25) is 14.6 Å². The average molecular weight is 392 g/mol. The number of hydrogen-bond acceptors (Lipinski definition) is 5. The lowest BCUT2D eigenvalue weighted by atomic mass is 10.1. The zero-order valence-electron chi connectivity index (χ0n) is 16.5. The molecule has 0 aliphatic carbocycles. The van der Waals surface area contributed by atoms with Gasteiger partial charge < -0.3 is 9.64 Å². The lowest BCUT2D eigenvalue weighted by molar-refractivity contribution is -0.134. The van der Waals surface area contributed by atoms with E-state index in [9.17, 15) is 9.59 Å². The molecule has 1 saturated heterocycles. The Balaban J connectivity index is 1.59. The van der Waals surface area contributed by atoms with Crippen molar-refractivity contribution in [1.29, 1.82) is 0 Å². The van der Waals surface area contributed by atoms with E-state index in [0.717, 1.165) is 36.2 Å². The molecule has 0 bridgehead atoms. The summed E-state index contributed by atoms with van der Waals surface area (Å²) in [5.74, 6) is -0.171. The van der Waals surface area contributed by atoms with Crippen LogP contribution in [0.2, 0.25) is 0 Å². The molecule has 2 aromatic heterocycles. The van der Waals surface area contributed by atoms with Crippen LogP contribution in [0.5, 0.6) is 0 Å². The Bertz CT molecular complexity index is 1060. The molecule has 1 unspecified atom stereocenters. The third-order valence-corrected chi connectivity index (χ3v) is 5.22. The number of aryl methyl sites for hydroxylation is 1. The van der Waals surface area contributed by atoms with E-state index >= 15 is 0 Å². The third-order valence-electron chi connectivity index (χ3n) is 5.22. The van der Waals surface area contributed by atoms with Gasteiger partial charge in [-0.05, 0) is 38.0 Å². The summed E-state index contributed by atoms with van der Waals surface area (Å²) >= 11 is 0. The molecule has 1 amide bonds. The first-order valence-electron chi connectivity index (χ1n) is 9.87. The summed E-state index contributed by atoms with van der Waals surface area (Å²) in [7, 11) is 0. The van der Waals surface area contributed by atoms with Crippen molar-refractivity contribution < 1.29 is 9.53 Å². The van der Waals surface area contributed by atoms with E-state index in [1.165, 1.54) is 4.68 Å². The van der Waals surface area contributed by atoms with E-state index in [2.05, 4.69) is 10.1 Å². The molecule has 3 aromatic rings. The molecule has 1 aliphatic rings. The number of carbonyl (C=O) groups excluding carboxylic acids is 1. The highest BCUT2D eigenvalue weighted by Crippen LogP contribution is 2.16. The molecule has 0 spiro atoms. The fourth-order valence-corrected chi connectivity index (χ4v) is 3.72. The Morgan fingerprint density at radius 3 is 2.72 bits per heavy atom. The SMILES string of the molecule is Cc1nn(CC(=O)N(Cc2ccccn2)CC2CCCO2)c(=O)c2ccccc12. The number of hydrogen-bond donors (Lipinski definition) is 0. The molecule has 3 heterocycles. The van der Waals surface area contributed by atoms with Crippen molar-refractivity contribution in [3.8, 4) is 0 Å². The number of benzene rings is 1. The highest BCUT2D eigenvalue weighted by atomic mass is 16.5. The topological polar surface area (TPSA) is 77.3 Å². The number of fused-ring (bicyclic) bond motifs is 1. The minimum absolute atomic E-state index is 0.0192. The molecule has 0 saturated carbocycles. The third kappa shape index (κ3) is 4.35. The quantitative estimate of drug-likeness (QED) is 0.643.